The quantitative estimate of drug-likeness (QED) is 0.343. The lowest BCUT2D eigenvalue weighted by Crippen LogP contribution is -1.86. The van der Waals surface area contributed by atoms with Gasteiger partial charge in [0.15, 0.2) is 4.34 Å². The lowest BCUT2D eigenvalue weighted by atomic mass is 10.1. The molecule has 0 spiro atoms. The standard InChI is InChI=1S/C20H21NO2S3/c1-22-16-8-4-14(5-9-16)18-19(15-6-10-17(23-2)11-7-15)26-20(21-18)25-13-12-24-3/h4-11H,12-13H2,1-3H3. The van der Waals surface area contributed by atoms with E-state index in [2.05, 4.69) is 30.5 Å². The van der Waals surface area contributed by atoms with Crippen molar-refractivity contribution in [1.82, 2.24) is 4.98 Å². The molecule has 0 saturated carbocycles. The molecule has 0 saturated heterocycles. The first kappa shape index (κ1) is 19.1. The number of thioether (sulfide) groups is 2. The van der Waals surface area contributed by atoms with E-state index in [9.17, 15) is 0 Å². The van der Waals surface area contributed by atoms with E-state index in [0.29, 0.717) is 0 Å². The van der Waals surface area contributed by atoms with Gasteiger partial charge in [-0.25, -0.2) is 4.98 Å². The molecule has 0 aliphatic rings. The molecule has 3 aromatic rings. The fourth-order valence-corrected chi connectivity index (χ4v) is 5.35. The van der Waals surface area contributed by atoms with Crippen LogP contribution in [-0.4, -0.2) is 37.0 Å². The molecule has 2 aromatic carbocycles. The summed E-state index contributed by atoms with van der Waals surface area (Å²) >= 11 is 5.43. The third-order valence-corrected chi connectivity index (χ3v) is 6.96. The molecule has 0 radical (unpaired) electrons. The van der Waals surface area contributed by atoms with E-state index in [4.69, 9.17) is 14.5 Å². The maximum absolute atomic E-state index is 5.28. The molecule has 0 aliphatic heterocycles. The predicted octanol–water partition coefficient (Wildman–Crippen LogP) is 5.95. The summed E-state index contributed by atoms with van der Waals surface area (Å²) in [6.07, 6.45) is 2.13. The highest BCUT2D eigenvalue weighted by atomic mass is 32.2. The molecular formula is C20H21NO2S3. The Morgan fingerprint density at radius 3 is 1.96 bits per heavy atom. The Bertz CT molecular complexity index is 764. The zero-order valence-corrected chi connectivity index (χ0v) is 17.5. The van der Waals surface area contributed by atoms with Gasteiger partial charge in [0.25, 0.3) is 0 Å². The molecule has 3 rings (SSSR count). The van der Waals surface area contributed by atoms with Gasteiger partial charge in [-0.05, 0) is 60.4 Å². The molecule has 0 N–H and O–H groups in total. The fraction of sp³-hybridized carbons (Fsp3) is 0.250. The Kier molecular flexibility index (Phi) is 6.88. The first-order chi connectivity index (χ1) is 12.7. The zero-order valence-electron chi connectivity index (χ0n) is 15.0. The molecule has 136 valence electrons. The summed E-state index contributed by atoms with van der Waals surface area (Å²) in [7, 11) is 3.37. The van der Waals surface area contributed by atoms with Crippen molar-refractivity contribution in [3.8, 4) is 33.2 Å². The van der Waals surface area contributed by atoms with Crippen LogP contribution < -0.4 is 9.47 Å². The predicted molar refractivity (Wildman–Crippen MR) is 115 cm³/mol. The second-order valence-corrected chi connectivity index (χ2v) is 8.78. The number of hydrogen-bond donors (Lipinski definition) is 0. The van der Waals surface area contributed by atoms with Gasteiger partial charge in [-0.1, -0.05) is 11.8 Å². The first-order valence-corrected chi connectivity index (χ1v) is 11.4. The Labute approximate surface area is 167 Å². The van der Waals surface area contributed by atoms with Crippen LogP contribution >= 0.6 is 34.9 Å². The van der Waals surface area contributed by atoms with Crippen molar-refractivity contribution in [2.75, 3.05) is 32.0 Å². The normalized spacial score (nSPS) is 10.7. The first-order valence-electron chi connectivity index (χ1n) is 8.16. The smallest absolute Gasteiger partial charge is 0.151 e. The van der Waals surface area contributed by atoms with Gasteiger partial charge < -0.3 is 9.47 Å². The molecule has 3 nitrogen and oxygen atoms in total. The van der Waals surface area contributed by atoms with Crippen LogP contribution in [0, 0.1) is 0 Å². The monoisotopic (exact) mass is 403 g/mol. The lowest BCUT2D eigenvalue weighted by molar-refractivity contribution is 0.414. The van der Waals surface area contributed by atoms with E-state index in [1.54, 1.807) is 25.6 Å². The summed E-state index contributed by atoms with van der Waals surface area (Å²) in [6.45, 7) is 0. The fourth-order valence-electron chi connectivity index (χ4n) is 2.46. The van der Waals surface area contributed by atoms with E-state index in [0.717, 1.165) is 44.2 Å². The molecule has 0 unspecified atom stereocenters. The highest BCUT2D eigenvalue weighted by Gasteiger charge is 2.15. The maximum Gasteiger partial charge on any atom is 0.151 e. The molecule has 1 aromatic heterocycles. The van der Waals surface area contributed by atoms with Crippen molar-refractivity contribution in [3.63, 3.8) is 0 Å². The molecule has 0 fully saturated rings. The average molecular weight is 404 g/mol. The topological polar surface area (TPSA) is 31.4 Å². The van der Waals surface area contributed by atoms with E-state index in [1.165, 1.54) is 4.88 Å². The Morgan fingerprint density at radius 2 is 1.42 bits per heavy atom. The minimum absolute atomic E-state index is 0.851. The number of nitrogens with zero attached hydrogens (tertiary/aromatic N) is 1. The van der Waals surface area contributed by atoms with Crippen molar-refractivity contribution < 1.29 is 9.47 Å². The molecule has 0 aliphatic carbocycles. The number of methoxy groups -OCH3 is 2. The van der Waals surface area contributed by atoms with Gasteiger partial charge in [0.1, 0.15) is 11.5 Å². The molecule has 0 atom stereocenters. The van der Waals surface area contributed by atoms with Crippen LogP contribution in [0.1, 0.15) is 0 Å². The number of ether oxygens (including phenoxy) is 2. The van der Waals surface area contributed by atoms with Gasteiger partial charge >= 0.3 is 0 Å². The number of aromatic nitrogens is 1. The van der Waals surface area contributed by atoms with Crippen LogP contribution in [0.2, 0.25) is 0 Å². The number of rotatable bonds is 8. The van der Waals surface area contributed by atoms with Crippen LogP contribution in [0.15, 0.2) is 52.9 Å². The van der Waals surface area contributed by atoms with Gasteiger partial charge in [0.05, 0.1) is 24.8 Å². The van der Waals surface area contributed by atoms with E-state index in [1.807, 2.05) is 47.8 Å². The van der Waals surface area contributed by atoms with E-state index < -0.39 is 0 Å². The Balaban J connectivity index is 1.98. The van der Waals surface area contributed by atoms with Crippen LogP contribution in [-0.2, 0) is 0 Å². The summed E-state index contributed by atoms with van der Waals surface area (Å²) < 4.78 is 11.7. The second-order valence-electron chi connectivity index (χ2n) is 5.46. The highest BCUT2D eigenvalue weighted by Crippen LogP contribution is 2.41. The minimum atomic E-state index is 0.851. The summed E-state index contributed by atoms with van der Waals surface area (Å²) in [5, 5.41) is 0. The molecule has 0 amide bonds. The van der Waals surface area contributed by atoms with E-state index >= 15 is 0 Å². The van der Waals surface area contributed by atoms with Crippen molar-refractivity contribution in [3.05, 3.63) is 48.5 Å². The van der Waals surface area contributed by atoms with Gasteiger partial charge in [0.2, 0.25) is 0 Å². The molecular weight excluding hydrogens is 382 g/mol. The molecule has 0 bridgehead atoms. The third kappa shape index (κ3) is 4.55. The number of thiazole rings is 1. The summed E-state index contributed by atoms with van der Waals surface area (Å²) in [4.78, 5) is 6.11. The largest absolute Gasteiger partial charge is 0.497 e. The number of hydrogen-bond acceptors (Lipinski definition) is 6. The van der Waals surface area contributed by atoms with Crippen LogP contribution in [0.25, 0.3) is 21.7 Å². The lowest BCUT2D eigenvalue weighted by Gasteiger charge is -2.05. The van der Waals surface area contributed by atoms with Crippen molar-refractivity contribution in [2.45, 2.75) is 4.34 Å². The van der Waals surface area contributed by atoms with Crippen LogP contribution in [0.4, 0.5) is 0 Å². The second kappa shape index (κ2) is 9.35. The van der Waals surface area contributed by atoms with Gasteiger partial charge in [-0.15, -0.1) is 11.3 Å². The summed E-state index contributed by atoms with van der Waals surface area (Å²) in [5.74, 6) is 3.90. The maximum atomic E-state index is 5.28. The average Bonchev–Trinajstić information content (AvgIpc) is 3.12. The van der Waals surface area contributed by atoms with Crippen LogP contribution in [0.3, 0.4) is 0 Å². The SMILES string of the molecule is COc1ccc(-c2nc(SCCSC)sc2-c2ccc(OC)cc2)cc1. The van der Waals surface area contributed by atoms with Gasteiger partial charge in [-0.2, -0.15) is 11.8 Å². The summed E-state index contributed by atoms with van der Waals surface area (Å²) in [6, 6.07) is 16.3. The molecule has 1 heterocycles. The zero-order chi connectivity index (χ0) is 18.4. The minimum Gasteiger partial charge on any atom is -0.497 e. The van der Waals surface area contributed by atoms with Gasteiger partial charge in [-0.3, -0.25) is 0 Å². The number of benzene rings is 2. The highest BCUT2D eigenvalue weighted by molar-refractivity contribution is 8.03. The Hall–Kier alpha value is -1.63. The summed E-state index contributed by atoms with van der Waals surface area (Å²) in [5.41, 5.74) is 3.28. The third-order valence-electron chi connectivity index (χ3n) is 3.84. The molecule has 6 heteroatoms. The van der Waals surface area contributed by atoms with Crippen molar-refractivity contribution in [2.24, 2.45) is 0 Å². The van der Waals surface area contributed by atoms with Crippen LogP contribution in [0.5, 0.6) is 11.5 Å². The van der Waals surface area contributed by atoms with Crippen molar-refractivity contribution >= 4 is 34.9 Å². The molecule has 26 heavy (non-hydrogen) atoms. The van der Waals surface area contributed by atoms with E-state index in [-0.39, 0.29) is 0 Å². The Morgan fingerprint density at radius 1 is 0.846 bits per heavy atom. The van der Waals surface area contributed by atoms with Gasteiger partial charge in [0, 0.05) is 17.1 Å². The van der Waals surface area contributed by atoms with Crippen molar-refractivity contribution in [1.29, 1.82) is 0 Å².